The molecule has 4 heterocycles. The average Bonchev–Trinajstić information content (AvgIpc) is 3.59. The summed E-state index contributed by atoms with van der Waals surface area (Å²) in [6, 6.07) is 23.8. The summed E-state index contributed by atoms with van der Waals surface area (Å²) in [5.41, 5.74) is 3.72. The number of nitro groups is 1. The summed E-state index contributed by atoms with van der Waals surface area (Å²) in [6.07, 6.45) is 1.77. The number of thiocarbonyl (C=S) groups is 1. The van der Waals surface area contributed by atoms with Crippen LogP contribution in [0.5, 0.6) is 0 Å². The van der Waals surface area contributed by atoms with Crippen molar-refractivity contribution in [2.45, 2.75) is 12.1 Å². The normalized spacial score (nSPS) is 19.4. The Hall–Kier alpha value is -4.28. The van der Waals surface area contributed by atoms with Crippen molar-refractivity contribution in [3.8, 4) is 11.3 Å². The molecule has 192 valence electrons. The lowest BCUT2D eigenvalue weighted by molar-refractivity contribution is -0.384. The Labute approximate surface area is 224 Å². The second-order valence-electron chi connectivity index (χ2n) is 9.12. The number of nitrogens with one attached hydrogen (secondary N) is 1. The van der Waals surface area contributed by atoms with Gasteiger partial charge in [-0.1, -0.05) is 6.07 Å². The first-order valence-electron chi connectivity index (χ1n) is 12.4. The van der Waals surface area contributed by atoms with Crippen molar-refractivity contribution >= 4 is 34.4 Å². The molecule has 2 fully saturated rings. The van der Waals surface area contributed by atoms with E-state index in [0.29, 0.717) is 16.6 Å². The molecule has 0 spiro atoms. The van der Waals surface area contributed by atoms with E-state index in [0.717, 1.165) is 48.9 Å². The van der Waals surface area contributed by atoms with Crippen LogP contribution in [0.3, 0.4) is 0 Å². The molecular weight excluding hydrogens is 502 g/mol. The van der Waals surface area contributed by atoms with Crippen LogP contribution in [0.1, 0.15) is 23.5 Å². The van der Waals surface area contributed by atoms with Crippen molar-refractivity contribution in [2.24, 2.45) is 0 Å². The van der Waals surface area contributed by atoms with E-state index in [9.17, 15) is 10.1 Å². The van der Waals surface area contributed by atoms with Gasteiger partial charge in [-0.25, -0.2) is 0 Å². The number of aromatic nitrogens is 1. The Kier molecular flexibility index (Phi) is 6.48. The van der Waals surface area contributed by atoms with Crippen molar-refractivity contribution in [3.05, 3.63) is 107 Å². The SMILES string of the molecule is O=[N+]([O-])c1ccc(-c2ccc([C@H]3[C@H](c4ccccn4)NC(=S)N3c3ccc(N4CCOCC4)cc3)o2)cc1. The summed E-state index contributed by atoms with van der Waals surface area (Å²) in [5.74, 6) is 1.33. The van der Waals surface area contributed by atoms with Gasteiger partial charge in [0.1, 0.15) is 17.6 Å². The minimum atomic E-state index is -0.415. The topological polar surface area (TPSA) is 96.9 Å². The highest BCUT2D eigenvalue weighted by molar-refractivity contribution is 7.80. The number of furan rings is 1. The maximum atomic E-state index is 11.1. The summed E-state index contributed by atoms with van der Waals surface area (Å²) in [6.45, 7) is 3.19. The van der Waals surface area contributed by atoms with Gasteiger partial charge in [-0.3, -0.25) is 15.1 Å². The van der Waals surface area contributed by atoms with E-state index >= 15 is 0 Å². The zero-order valence-corrected chi connectivity index (χ0v) is 21.2. The summed E-state index contributed by atoms with van der Waals surface area (Å²) in [7, 11) is 0. The third-order valence-corrected chi connectivity index (χ3v) is 7.20. The number of hydrogen-bond donors (Lipinski definition) is 1. The molecule has 0 amide bonds. The van der Waals surface area contributed by atoms with Crippen LogP contribution in [0.4, 0.5) is 17.1 Å². The molecule has 2 aromatic carbocycles. The summed E-state index contributed by atoms with van der Waals surface area (Å²) < 4.78 is 11.8. The Morgan fingerprint density at radius 2 is 1.68 bits per heavy atom. The van der Waals surface area contributed by atoms with Gasteiger partial charge >= 0.3 is 0 Å². The second kappa shape index (κ2) is 10.2. The molecule has 0 aliphatic carbocycles. The maximum Gasteiger partial charge on any atom is 0.269 e. The third-order valence-electron chi connectivity index (χ3n) is 6.88. The van der Waals surface area contributed by atoms with Gasteiger partial charge in [0, 0.05) is 48.4 Å². The smallest absolute Gasteiger partial charge is 0.269 e. The molecule has 2 aromatic heterocycles. The van der Waals surface area contributed by atoms with E-state index < -0.39 is 4.92 Å². The van der Waals surface area contributed by atoms with Gasteiger partial charge in [-0.05, 0) is 72.9 Å². The zero-order chi connectivity index (χ0) is 26.1. The number of ether oxygens (including phenoxy) is 1. The van der Waals surface area contributed by atoms with Gasteiger partial charge in [0.25, 0.3) is 5.69 Å². The number of nitro benzene ring substituents is 1. The molecule has 9 nitrogen and oxygen atoms in total. The molecular formula is C28H25N5O4S. The highest BCUT2D eigenvalue weighted by Gasteiger charge is 2.42. The Bertz CT molecular complexity index is 1440. The molecule has 0 bridgehead atoms. The fourth-order valence-electron chi connectivity index (χ4n) is 4.98. The number of nitrogens with zero attached hydrogens (tertiary/aromatic N) is 4. The van der Waals surface area contributed by atoms with Crippen LogP contribution in [-0.4, -0.2) is 41.3 Å². The largest absolute Gasteiger partial charge is 0.459 e. The lowest BCUT2D eigenvalue weighted by Crippen LogP contribution is -2.36. The number of pyridine rings is 1. The fourth-order valence-corrected chi connectivity index (χ4v) is 5.33. The number of non-ortho nitro benzene ring substituents is 1. The minimum Gasteiger partial charge on any atom is -0.459 e. The summed E-state index contributed by atoms with van der Waals surface area (Å²) in [5, 5.41) is 15.1. The first kappa shape index (κ1) is 24.1. The van der Waals surface area contributed by atoms with Crippen molar-refractivity contribution in [3.63, 3.8) is 0 Å². The third kappa shape index (κ3) is 4.59. The Balaban J connectivity index is 1.35. The minimum absolute atomic E-state index is 0.0350. The first-order chi connectivity index (χ1) is 18.6. The van der Waals surface area contributed by atoms with E-state index in [1.54, 1.807) is 18.3 Å². The van der Waals surface area contributed by atoms with Crippen molar-refractivity contribution in [2.75, 3.05) is 36.1 Å². The number of hydrogen-bond acceptors (Lipinski definition) is 7. The van der Waals surface area contributed by atoms with Crippen molar-refractivity contribution in [1.29, 1.82) is 0 Å². The number of rotatable bonds is 6. The molecule has 2 atom stereocenters. The predicted octanol–water partition coefficient (Wildman–Crippen LogP) is 5.26. The van der Waals surface area contributed by atoms with E-state index in [2.05, 4.69) is 44.4 Å². The fraction of sp³-hybridized carbons (Fsp3) is 0.214. The van der Waals surface area contributed by atoms with E-state index in [1.165, 1.54) is 12.1 Å². The molecule has 4 aromatic rings. The number of benzene rings is 2. The highest BCUT2D eigenvalue weighted by atomic mass is 32.1. The predicted molar refractivity (Wildman–Crippen MR) is 148 cm³/mol. The van der Waals surface area contributed by atoms with Gasteiger partial charge in [0.15, 0.2) is 5.11 Å². The van der Waals surface area contributed by atoms with Gasteiger partial charge in [0.05, 0.1) is 29.9 Å². The zero-order valence-electron chi connectivity index (χ0n) is 20.4. The second-order valence-corrected chi connectivity index (χ2v) is 9.51. The van der Waals surface area contributed by atoms with Gasteiger partial charge in [-0.2, -0.15) is 0 Å². The molecule has 0 radical (unpaired) electrons. The monoisotopic (exact) mass is 527 g/mol. The van der Waals surface area contributed by atoms with Crippen molar-refractivity contribution in [1.82, 2.24) is 10.3 Å². The van der Waals surface area contributed by atoms with E-state index in [1.807, 2.05) is 30.3 Å². The highest BCUT2D eigenvalue weighted by Crippen LogP contribution is 2.43. The standard InChI is InChI=1S/C28H25N5O4S/c34-33(35)22-6-4-19(5-7-22)24-12-13-25(37-24)27-26(23-3-1-2-14-29-23)30-28(38)32(27)21-10-8-20(9-11-21)31-15-17-36-18-16-31/h1-14,26-27H,15-18H2,(H,30,38)/t26-,27-/m0/s1. The van der Waals surface area contributed by atoms with Crippen molar-refractivity contribution < 1.29 is 14.1 Å². The van der Waals surface area contributed by atoms with Crippen LogP contribution in [0.15, 0.2) is 89.5 Å². The molecule has 2 aliphatic heterocycles. The lowest BCUT2D eigenvalue weighted by Gasteiger charge is -2.30. The number of morpholine rings is 1. The molecule has 10 heteroatoms. The molecule has 0 saturated carbocycles. The van der Waals surface area contributed by atoms with E-state index in [4.69, 9.17) is 21.4 Å². The molecule has 1 N–H and O–H groups in total. The molecule has 2 aliphatic rings. The summed E-state index contributed by atoms with van der Waals surface area (Å²) >= 11 is 5.83. The molecule has 6 rings (SSSR count). The van der Waals surface area contributed by atoms with Crippen LogP contribution in [0, 0.1) is 10.1 Å². The maximum absolute atomic E-state index is 11.1. The quantitative estimate of drug-likeness (QED) is 0.204. The molecule has 38 heavy (non-hydrogen) atoms. The van der Waals surface area contributed by atoms with Gasteiger partial charge in [-0.15, -0.1) is 0 Å². The van der Waals surface area contributed by atoms with Crippen LogP contribution in [-0.2, 0) is 4.74 Å². The Morgan fingerprint density at radius 1 is 0.947 bits per heavy atom. The van der Waals surface area contributed by atoms with Crippen LogP contribution < -0.4 is 15.1 Å². The first-order valence-corrected chi connectivity index (χ1v) is 12.8. The molecule has 0 unspecified atom stereocenters. The van der Waals surface area contributed by atoms with Crippen LogP contribution in [0.25, 0.3) is 11.3 Å². The van der Waals surface area contributed by atoms with Crippen LogP contribution >= 0.6 is 12.2 Å². The average molecular weight is 528 g/mol. The van der Waals surface area contributed by atoms with Gasteiger partial charge < -0.3 is 24.3 Å². The van der Waals surface area contributed by atoms with Crippen LogP contribution in [0.2, 0.25) is 0 Å². The van der Waals surface area contributed by atoms with Gasteiger partial charge in [0.2, 0.25) is 0 Å². The summed E-state index contributed by atoms with van der Waals surface area (Å²) in [4.78, 5) is 19.6. The molecule has 2 saturated heterocycles. The lowest BCUT2D eigenvalue weighted by atomic mass is 10.0. The van der Waals surface area contributed by atoms with E-state index in [-0.39, 0.29) is 17.8 Å². The Morgan fingerprint density at radius 3 is 2.37 bits per heavy atom. The number of anilines is 2.